The molecule has 3 rings (SSSR count). The number of likely N-dealkylation sites (N-methyl/N-ethyl adjacent to an activating group) is 1. The summed E-state index contributed by atoms with van der Waals surface area (Å²) in [6, 6.07) is 16.0. The first-order valence-corrected chi connectivity index (χ1v) is 8.96. The Hall–Kier alpha value is -2.24. The highest BCUT2D eigenvalue weighted by Gasteiger charge is 2.35. The standard InChI is InChI=1S/C21H25FN2O2/c1-24(13-15-5-3-2-4-6-15)14-20(26)23-21(17-11-19(25)12-17)16-7-9-18(22)10-8-16/h2-10,17,19,21,25H,11-14H2,1H3,(H,23,26)/t17?,19?,21-/m1/s1. The van der Waals surface area contributed by atoms with E-state index >= 15 is 0 Å². The number of aliphatic hydroxyl groups excluding tert-OH is 1. The number of aliphatic hydroxyl groups is 1. The van der Waals surface area contributed by atoms with Gasteiger partial charge in [0.15, 0.2) is 0 Å². The Morgan fingerprint density at radius 2 is 1.85 bits per heavy atom. The van der Waals surface area contributed by atoms with Crippen LogP contribution in [-0.2, 0) is 11.3 Å². The molecule has 1 atom stereocenters. The molecule has 138 valence electrons. The summed E-state index contributed by atoms with van der Waals surface area (Å²) in [5, 5.41) is 12.7. The molecule has 1 aliphatic carbocycles. The predicted octanol–water partition coefficient (Wildman–Crippen LogP) is 2.89. The van der Waals surface area contributed by atoms with Crippen LogP contribution in [0.5, 0.6) is 0 Å². The fraction of sp³-hybridized carbons (Fsp3) is 0.381. The van der Waals surface area contributed by atoms with Crippen molar-refractivity contribution in [3.8, 4) is 0 Å². The van der Waals surface area contributed by atoms with Gasteiger partial charge in [0.25, 0.3) is 0 Å². The predicted molar refractivity (Wildman–Crippen MR) is 98.8 cm³/mol. The maximum absolute atomic E-state index is 13.2. The van der Waals surface area contributed by atoms with Gasteiger partial charge >= 0.3 is 0 Å². The molecule has 0 spiro atoms. The molecule has 0 bridgehead atoms. The summed E-state index contributed by atoms with van der Waals surface area (Å²) in [5.41, 5.74) is 2.03. The van der Waals surface area contributed by atoms with Crippen LogP contribution in [0.15, 0.2) is 54.6 Å². The molecule has 0 saturated heterocycles. The van der Waals surface area contributed by atoms with Crippen LogP contribution in [0.2, 0.25) is 0 Å². The highest BCUT2D eigenvalue weighted by Crippen LogP contribution is 2.38. The summed E-state index contributed by atoms with van der Waals surface area (Å²) in [4.78, 5) is 14.5. The molecule has 0 aliphatic heterocycles. The minimum absolute atomic E-state index is 0.0702. The lowest BCUT2D eigenvalue weighted by Crippen LogP contribution is -2.44. The third-order valence-corrected chi connectivity index (χ3v) is 4.88. The largest absolute Gasteiger partial charge is 0.393 e. The number of halogens is 1. The SMILES string of the molecule is CN(CC(=O)N[C@H](c1ccc(F)cc1)C1CC(O)C1)Cc1ccccc1. The number of nitrogens with one attached hydrogen (secondary N) is 1. The average Bonchev–Trinajstić information content (AvgIpc) is 2.59. The van der Waals surface area contributed by atoms with E-state index in [4.69, 9.17) is 0 Å². The van der Waals surface area contributed by atoms with Gasteiger partial charge in [-0.3, -0.25) is 9.69 Å². The molecule has 2 N–H and O–H groups in total. The maximum Gasteiger partial charge on any atom is 0.234 e. The van der Waals surface area contributed by atoms with E-state index < -0.39 is 0 Å². The molecule has 1 aliphatic rings. The number of rotatable bonds is 7. The van der Waals surface area contributed by atoms with Gasteiger partial charge in [0, 0.05) is 6.54 Å². The van der Waals surface area contributed by atoms with Crippen molar-refractivity contribution in [3.05, 3.63) is 71.5 Å². The molecule has 4 nitrogen and oxygen atoms in total. The molecule has 26 heavy (non-hydrogen) atoms. The van der Waals surface area contributed by atoms with Crippen molar-refractivity contribution in [2.75, 3.05) is 13.6 Å². The highest BCUT2D eigenvalue weighted by molar-refractivity contribution is 5.78. The van der Waals surface area contributed by atoms with Gasteiger partial charge in [-0.1, -0.05) is 42.5 Å². The molecule has 0 radical (unpaired) electrons. The summed E-state index contributed by atoms with van der Waals surface area (Å²) >= 11 is 0. The van der Waals surface area contributed by atoms with Crippen LogP contribution >= 0.6 is 0 Å². The monoisotopic (exact) mass is 356 g/mol. The zero-order chi connectivity index (χ0) is 18.5. The molecule has 0 unspecified atom stereocenters. The number of hydrogen-bond acceptors (Lipinski definition) is 3. The van der Waals surface area contributed by atoms with E-state index in [1.807, 2.05) is 42.3 Å². The number of carbonyl (C=O) groups excluding carboxylic acids is 1. The quantitative estimate of drug-likeness (QED) is 0.802. The Kier molecular flexibility index (Phi) is 6.01. The first-order chi connectivity index (χ1) is 12.5. The summed E-state index contributed by atoms with van der Waals surface area (Å²) in [6.07, 6.45) is 1.00. The van der Waals surface area contributed by atoms with Gasteiger partial charge in [-0.05, 0) is 49.1 Å². The van der Waals surface area contributed by atoms with E-state index in [1.165, 1.54) is 12.1 Å². The molecule has 0 aromatic heterocycles. The van der Waals surface area contributed by atoms with E-state index in [-0.39, 0.29) is 36.3 Å². The third-order valence-electron chi connectivity index (χ3n) is 4.88. The fourth-order valence-corrected chi connectivity index (χ4v) is 3.46. The third kappa shape index (κ3) is 4.90. The van der Waals surface area contributed by atoms with Gasteiger partial charge in [-0.2, -0.15) is 0 Å². The second kappa shape index (κ2) is 8.43. The van der Waals surface area contributed by atoms with Crippen molar-refractivity contribution in [2.24, 2.45) is 5.92 Å². The minimum atomic E-state index is -0.305. The van der Waals surface area contributed by atoms with Crippen molar-refractivity contribution in [3.63, 3.8) is 0 Å². The van der Waals surface area contributed by atoms with Gasteiger partial charge in [0.1, 0.15) is 5.82 Å². The molecule has 2 aromatic rings. The molecule has 0 heterocycles. The molecule has 1 amide bonds. The molecule has 2 aromatic carbocycles. The second-order valence-electron chi connectivity index (χ2n) is 7.14. The van der Waals surface area contributed by atoms with Gasteiger partial charge in [-0.15, -0.1) is 0 Å². The molecule has 1 fully saturated rings. The number of benzene rings is 2. The number of nitrogens with zero attached hydrogens (tertiary/aromatic N) is 1. The van der Waals surface area contributed by atoms with Crippen LogP contribution in [0.4, 0.5) is 4.39 Å². The molecular weight excluding hydrogens is 331 g/mol. The second-order valence-corrected chi connectivity index (χ2v) is 7.14. The lowest BCUT2D eigenvalue weighted by Gasteiger charge is -2.38. The van der Waals surface area contributed by atoms with E-state index in [0.29, 0.717) is 19.4 Å². The van der Waals surface area contributed by atoms with Crippen molar-refractivity contribution in [1.82, 2.24) is 10.2 Å². The van der Waals surface area contributed by atoms with Crippen LogP contribution in [0.1, 0.15) is 30.0 Å². The van der Waals surface area contributed by atoms with Crippen molar-refractivity contribution in [2.45, 2.75) is 31.5 Å². The van der Waals surface area contributed by atoms with Gasteiger partial charge in [-0.25, -0.2) is 4.39 Å². The van der Waals surface area contributed by atoms with Crippen molar-refractivity contribution >= 4 is 5.91 Å². The van der Waals surface area contributed by atoms with Gasteiger partial charge < -0.3 is 10.4 Å². The number of carbonyl (C=O) groups is 1. The zero-order valence-corrected chi connectivity index (χ0v) is 14.9. The molecule has 5 heteroatoms. The lowest BCUT2D eigenvalue weighted by atomic mass is 9.75. The Balaban J connectivity index is 1.60. The summed E-state index contributed by atoms with van der Waals surface area (Å²) in [5.74, 6) is -0.187. The van der Waals surface area contributed by atoms with Crippen molar-refractivity contribution < 1.29 is 14.3 Å². The fourth-order valence-electron chi connectivity index (χ4n) is 3.46. The summed E-state index contributed by atoms with van der Waals surface area (Å²) < 4.78 is 13.2. The number of amides is 1. The smallest absolute Gasteiger partial charge is 0.234 e. The Morgan fingerprint density at radius 3 is 2.46 bits per heavy atom. The summed E-state index contributed by atoms with van der Waals surface area (Å²) in [7, 11) is 1.91. The number of hydrogen-bond donors (Lipinski definition) is 2. The van der Waals surface area contributed by atoms with Crippen LogP contribution in [0, 0.1) is 11.7 Å². The highest BCUT2D eigenvalue weighted by atomic mass is 19.1. The first kappa shape index (κ1) is 18.5. The van der Waals surface area contributed by atoms with Crippen molar-refractivity contribution in [1.29, 1.82) is 0 Å². The average molecular weight is 356 g/mol. The van der Waals surface area contributed by atoms with Crippen LogP contribution in [0.3, 0.4) is 0 Å². The van der Waals surface area contributed by atoms with E-state index in [0.717, 1.165) is 11.1 Å². The normalized spacial score (nSPS) is 20.5. The summed E-state index contributed by atoms with van der Waals surface area (Å²) in [6.45, 7) is 0.972. The molecular formula is C21H25FN2O2. The molecule has 1 saturated carbocycles. The maximum atomic E-state index is 13.2. The lowest BCUT2D eigenvalue weighted by molar-refractivity contribution is -0.124. The van der Waals surface area contributed by atoms with E-state index in [1.54, 1.807) is 12.1 Å². The van der Waals surface area contributed by atoms with Crippen LogP contribution < -0.4 is 5.32 Å². The van der Waals surface area contributed by atoms with E-state index in [9.17, 15) is 14.3 Å². The van der Waals surface area contributed by atoms with Gasteiger partial charge in [0.2, 0.25) is 5.91 Å². The van der Waals surface area contributed by atoms with E-state index in [2.05, 4.69) is 5.32 Å². The minimum Gasteiger partial charge on any atom is -0.393 e. The first-order valence-electron chi connectivity index (χ1n) is 8.96. The van der Waals surface area contributed by atoms with Crippen LogP contribution in [0.25, 0.3) is 0 Å². The Morgan fingerprint density at radius 1 is 1.19 bits per heavy atom. The topological polar surface area (TPSA) is 52.6 Å². The van der Waals surface area contributed by atoms with Gasteiger partial charge in [0.05, 0.1) is 18.7 Å². The van der Waals surface area contributed by atoms with Crippen LogP contribution in [-0.4, -0.2) is 35.6 Å². The Bertz CT molecular complexity index is 715. The zero-order valence-electron chi connectivity index (χ0n) is 14.9. The Labute approximate surface area is 153 Å².